The average Bonchev–Trinajstić information content (AvgIpc) is 2.66. The van der Waals surface area contributed by atoms with Gasteiger partial charge in [-0.15, -0.1) is 0 Å². The molecule has 0 aliphatic carbocycles. The summed E-state index contributed by atoms with van der Waals surface area (Å²) in [4.78, 5) is 36.8. The summed E-state index contributed by atoms with van der Waals surface area (Å²) in [7, 11) is 0. The molecule has 0 aliphatic rings. The Kier molecular flexibility index (Phi) is 10.9. The Labute approximate surface area is 179 Å². The molecule has 0 fully saturated rings. The highest BCUT2D eigenvalue weighted by atomic mass is 127. The molecule has 28 heavy (non-hydrogen) atoms. The third-order valence-electron chi connectivity index (χ3n) is 3.81. The smallest absolute Gasteiger partial charge is 0.408 e. The third kappa shape index (κ3) is 8.45. The zero-order chi connectivity index (χ0) is 21.1. The number of alkyl halides is 1. The van der Waals surface area contributed by atoms with Gasteiger partial charge in [-0.05, 0) is 11.5 Å². The third-order valence-corrected chi connectivity index (χ3v) is 4.25. The van der Waals surface area contributed by atoms with Gasteiger partial charge >= 0.3 is 18.0 Å². The number of carbonyl (C=O) groups excluding carboxylic acids is 3. The lowest BCUT2D eigenvalue weighted by molar-refractivity contribution is -0.172. The molecule has 0 saturated carbocycles. The van der Waals surface area contributed by atoms with E-state index < -0.39 is 30.2 Å². The van der Waals surface area contributed by atoms with Crippen LogP contribution in [0.25, 0.3) is 0 Å². The van der Waals surface area contributed by atoms with Gasteiger partial charge in [-0.25, -0.2) is 14.4 Å². The number of alkyl carbamates (subject to hydrolysis) is 1. The number of amides is 1. The molecule has 0 saturated heterocycles. The van der Waals surface area contributed by atoms with Gasteiger partial charge in [0.05, 0.1) is 0 Å². The van der Waals surface area contributed by atoms with E-state index in [9.17, 15) is 14.4 Å². The van der Waals surface area contributed by atoms with Gasteiger partial charge in [0.15, 0.2) is 0 Å². The standard InChI is InChI=1S/C20H28INO6/c1-13(2)16(22-20(25)27-12-15-8-6-5-7-9-15)18(23)28-17(14(3)4)19(24)26-11-10-21/h5-9,13-14,16-17H,10-12H2,1-4H3,(H,22,25)/t16-,17-/m0/s1. The van der Waals surface area contributed by atoms with Crippen LogP contribution in [0.3, 0.4) is 0 Å². The van der Waals surface area contributed by atoms with Crippen molar-refractivity contribution in [2.24, 2.45) is 11.8 Å². The van der Waals surface area contributed by atoms with E-state index in [1.807, 2.05) is 30.3 Å². The van der Waals surface area contributed by atoms with Crippen molar-refractivity contribution in [3.63, 3.8) is 0 Å². The van der Waals surface area contributed by atoms with Crippen molar-refractivity contribution >= 4 is 40.6 Å². The quantitative estimate of drug-likeness (QED) is 0.227. The molecule has 0 spiro atoms. The second kappa shape index (κ2) is 12.6. The zero-order valence-electron chi connectivity index (χ0n) is 16.6. The Balaban J connectivity index is 2.68. The maximum Gasteiger partial charge on any atom is 0.408 e. The fourth-order valence-electron chi connectivity index (χ4n) is 2.27. The molecule has 1 amide bonds. The minimum Gasteiger partial charge on any atom is -0.462 e. The number of rotatable bonds is 10. The van der Waals surface area contributed by atoms with Crippen LogP contribution < -0.4 is 5.32 Å². The molecule has 0 bridgehead atoms. The summed E-state index contributed by atoms with van der Waals surface area (Å²) in [6.07, 6.45) is -1.76. The predicted molar refractivity (Wildman–Crippen MR) is 113 cm³/mol. The predicted octanol–water partition coefficient (Wildman–Crippen LogP) is 3.48. The van der Waals surface area contributed by atoms with Crippen LogP contribution in [0.15, 0.2) is 30.3 Å². The molecule has 0 heterocycles. The van der Waals surface area contributed by atoms with Crippen molar-refractivity contribution in [1.82, 2.24) is 5.32 Å². The first-order valence-electron chi connectivity index (χ1n) is 9.16. The topological polar surface area (TPSA) is 90.9 Å². The first kappa shape index (κ1) is 24.2. The van der Waals surface area contributed by atoms with Crippen molar-refractivity contribution in [3.05, 3.63) is 35.9 Å². The highest BCUT2D eigenvalue weighted by Gasteiger charge is 2.33. The maximum atomic E-state index is 12.6. The molecule has 156 valence electrons. The molecule has 2 atom stereocenters. The molecular weight excluding hydrogens is 477 g/mol. The van der Waals surface area contributed by atoms with Crippen LogP contribution in [0, 0.1) is 11.8 Å². The van der Waals surface area contributed by atoms with Crippen LogP contribution in [-0.4, -0.2) is 41.2 Å². The van der Waals surface area contributed by atoms with E-state index in [0.29, 0.717) is 4.43 Å². The molecule has 0 aromatic heterocycles. The Morgan fingerprint density at radius 1 is 0.964 bits per heavy atom. The number of hydrogen-bond donors (Lipinski definition) is 1. The van der Waals surface area contributed by atoms with Crippen LogP contribution >= 0.6 is 22.6 Å². The molecule has 0 radical (unpaired) electrons. The van der Waals surface area contributed by atoms with Gasteiger partial charge in [0.2, 0.25) is 6.10 Å². The number of halogens is 1. The number of hydrogen-bond acceptors (Lipinski definition) is 6. The van der Waals surface area contributed by atoms with Gasteiger partial charge in [0, 0.05) is 10.3 Å². The molecule has 1 aromatic carbocycles. The normalized spacial score (nSPS) is 13.0. The first-order valence-corrected chi connectivity index (χ1v) is 10.7. The molecule has 1 rings (SSSR count). The van der Waals surface area contributed by atoms with Crippen LogP contribution in [0.2, 0.25) is 0 Å². The van der Waals surface area contributed by atoms with Crippen molar-refractivity contribution < 1.29 is 28.6 Å². The lowest BCUT2D eigenvalue weighted by Crippen LogP contribution is -2.48. The van der Waals surface area contributed by atoms with Crippen LogP contribution in [0.4, 0.5) is 4.79 Å². The molecule has 1 N–H and O–H groups in total. The highest BCUT2D eigenvalue weighted by Crippen LogP contribution is 2.13. The van der Waals surface area contributed by atoms with Crippen LogP contribution in [-0.2, 0) is 30.4 Å². The van der Waals surface area contributed by atoms with Gasteiger partial charge in [0.25, 0.3) is 0 Å². The Hall–Kier alpha value is -1.84. The monoisotopic (exact) mass is 505 g/mol. The second-order valence-electron chi connectivity index (χ2n) is 6.89. The van der Waals surface area contributed by atoms with E-state index in [4.69, 9.17) is 14.2 Å². The summed E-state index contributed by atoms with van der Waals surface area (Å²) in [5.74, 6) is -1.80. The zero-order valence-corrected chi connectivity index (χ0v) is 18.8. The maximum absolute atomic E-state index is 12.6. The lowest BCUT2D eigenvalue weighted by atomic mass is 10.0. The summed E-state index contributed by atoms with van der Waals surface area (Å²) in [5, 5.41) is 2.52. The van der Waals surface area contributed by atoms with E-state index >= 15 is 0 Å². The summed E-state index contributed by atoms with van der Waals surface area (Å²) in [5.41, 5.74) is 0.833. The van der Waals surface area contributed by atoms with E-state index in [0.717, 1.165) is 5.56 Å². The summed E-state index contributed by atoms with van der Waals surface area (Å²) in [6.45, 7) is 7.39. The SMILES string of the molecule is CC(C)[C@H](NC(=O)OCc1ccccc1)C(=O)O[C@H](C(=O)OCCI)C(C)C. The lowest BCUT2D eigenvalue weighted by Gasteiger charge is -2.25. The van der Waals surface area contributed by atoms with Crippen molar-refractivity contribution in [1.29, 1.82) is 0 Å². The summed E-state index contributed by atoms with van der Waals surface area (Å²) in [6, 6.07) is 8.26. The number of nitrogens with one attached hydrogen (secondary N) is 1. The van der Waals surface area contributed by atoms with E-state index in [2.05, 4.69) is 27.9 Å². The molecular formula is C20H28INO6. The summed E-state index contributed by atoms with van der Waals surface area (Å²) < 4.78 is 16.3. The van der Waals surface area contributed by atoms with Crippen molar-refractivity contribution in [2.75, 3.05) is 11.0 Å². The number of benzene rings is 1. The molecule has 0 unspecified atom stereocenters. The molecule has 7 nitrogen and oxygen atoms in total. The molecule has 8 heteroatoms. The van der Waals surface area contributed by atoms with E-state index in [-0.39, 0.29) is 25.0 Å². The molecule has 0 aliphatic heterocycles. The Morgan fingerprint density at radius 3 is 2.14 bits per heavy atom. The fourth-order valence-corrected chi connectivity index (χ4v) is 2.49. The minimum atomic E-state index is -1.03. The fraction of sp³-hybridized carbons (Fsp3) is 0.550. The molecule has 1 aromatic rings. The average molecular weight is 505 g/mol. The number of esters is 2. The largest absolute Gasteiger partial charge is 0.462 e. The van der Waals surface area contributed by atoms with Crippen molar-refractivity contribution in [3.8, 4) is 0 Å². The minimum absolute atomic E-state index is 0.0871. The van der Waals surface area contributed by atoms with Crippen LogP contribution in [0.5, 0.6) is 0 Å². The van der Waals surface area contributed by atoms with Gasteiger partial charge < -0.3 is 19.5 Å². The van der Waals surface area contributed by atoms with Crippen LogP contribution in [0.1, 0.15) is 33.3 Å². The Morgan fingerprint density at radius 2 is 1.61 bits per heavy atom. The number of carbonyl (C=O) groups is 3. The van der Waals surface area contributed by atoms with Gasteiger partial charge in [0.1, 0.15) is 19.3 Å². The van der Waals surface area contributed by atoms with Crippen molar-refractivity contribution in [2.45, 2.75) is 46.4 Å². The highest BCUT2D eigenvalue weighted by molar-refractivity contribution is 14.1. The Bertz CT molecular complexity index is 635. The number of ether oxygens (including phenoxy) is 3. The summed E-state index contributed by atoms with van der Waals surface area (Å²) >= 11 is 2.08. The van der Waals surface area contributed by atoms with E-state index in [1.54, 1.807) is 27.7 Å². The van der Waals surface area contributed by atoms with Gasteiger partial charge in [-0.1, -0.05) is 80.6 Å². The van der Waals surface area contributed by atoms with Gasteiger partial charge in [-0.3, -0.25) is 0 Å². The second-order valence-corrected chi connectivity index (χ2v) is 7.96. The van der Waals surface area contributed by atoms with Gasteiger partial charge in [-0.2, -0.15) is 0 Å². The first-order chi connectivity index (χ1) is 13.3. The van der Waals surface area contributed by atoms with E-state index in [1.165, 1.54) is 0 Å².